The number of fused-ring (bicyclic) bond motifs is 1. The van der Waals surface area contributed by atoms with E-state index >= 15 is 0 Å². The van der Waals surface area contributed by atoms with Crippen LogP contribution < -0.4 is 4.90 Å². The smallest absolute Gasteiger partial charge is 0.0686 e. The van der Waals surface area contributed by atoms with E-state index in [4.69, 9.17) is 5.53 Å². The lowest BCUT2D eigenvalue weighted by Gasteiger charge is -2.16. The van der Waals surface area contributed by atoms with Gasteiger partial charge in [-0.25, -0.2) is 0 Å². The first-order chi connectivity index (χ1) is 6.92. The summed E-state index contributed by atoms with van der Waals surface area (Å²) in [6, 6.07) is 8.30. The molecule has 0 aromatic heterocycles. The molecule has 1 aliphatic rings. The van der Waals surface area contributed by atoms with Gasteiger partial charge in [-0.15, -0.1) is 11.8 Å². The van der Waals surface area contributed by atoms with Gasteiger partial charge < -0.3 is 4.90 Å². The topological polar surface area (TPSA) is 52.0 Å². The van der Waals surface area contributed by atoms with Gasteiger partial charge in [0.2, 0.25) is 0 Å². The average Bonchev–Trinajstić information content (AvgIpc) is 2.63. The number of para-hydroxylation sites is 1. The lowest BCUT2D eigenvalue weighted by Crippen LogP contribution is -2.22. The van der Waals surface area contributed by atoms with E-state index in [1.54, 1.807) is 0 Å². The fraction of sp³-hybridized carbons (Fsp3) is 0.333. The van der Waals surface area contributed by atoms with Crippen molar-refractivity contribution in [1.29, 1.82) is 0 Å². The maximum atomic E-state index is 8.17. The molecular formula is C9H10N4S. The van der Waals surface area contributed by atoms with E-state index in [9.17, 15) is 0 Å². The minimum Gasteiger partial charge on any atom is -0.361 e. The van der Waals surface area contributed by atoms with Crippen molar-refractivity contribution in [3.8, 4) is 0 Å². The summed E-state index contributed by atoms with van der Waals surface area (Å²) in [6.45, 7) is 1.33. The molecule has 0 atom stereocenters. The first kappa shape index (κ1) is 9.24. The standard InChI is InChI=1S/C9H10N4S/c10-12-11-5-6-13-7-14-9-4-2-1-3-8(9)13/h1-4H,5-7H2. The zero-order chi connectivity index (χ0) is 9.80. The minimum absolute atomic E-state index is 0.533. The lowest BCUT2D eigenvalue weighted by atomic mass is 10.3. The Morgan fingerprint density at radius 3 is 3.21 bits per heavy atom. The van der Waals surface area contributed by atoms with Gasteiger partial charge in [-0.2, -0.15) is 0 Å². The molecule has 0 bridgehead atoms. The molecule has 0 spiro atoms. The predicted octanol–water partition coefficient (Wildman–Crippen LogP) is 2.87. The van der Waals surface area contributed by atoms with Crippen LogP contribution in [-0.4, -0.2) is 19.0 Å². The van der Waals surface area contributed by atoms with Gasteiger partial charge in [-0.1, -0.05) is 17.2 Å². The third-order valence-corrected chi connectivity index (χ3v) is 3.21. The number of hydrogen-bond acceptors (Lipinski definition) is 3. The molecule has 1 aromatic rings. The molecule has 4 nitrogen and oxygen atoms in total. The molecule has 0 N–H and O–H groups in total. The van der Waals surface area contributed by atoms with Crippen molar-refractivity contribution in [2.24, 2.45) is 5.11 Å². The third-order valence-electron chi connectivity index (χ3n) is 2.11. The summed E-state index contributed by atoms with van der Waals surface area (Å²) in [5, 5.41) is 3.54. The summed E-state index contributed by atoms with van der Waals surface area (Å²) >= 11 is 1.83. The van der Waals surface area contributed by atoms with Crippen molar-refractivity contribution in [3.63, 3.8) is 0 Å². The zero-order valence-corrected chi connectivity index (χ0v) is 8.44. The third kappa shape index (κ3) is 1.78. The predicted molar refractivity (Wildman–Crippen MR) is 58.5 cm³/mol. The van der Waals surface area contributed by atoms with Crippen molar-refractivity contribution >= 4 is 17.4 Å². The van der Waals surface area contributed by atoms with Crippen LogP contribution in [0.15, 0.2) is 34.3 Å². The molecule has 72 valence electrons. The van der Waals surface area contributed by atoms with E-state index in [1.807, 2.05) is 23.9 Å². The summed E-state index contributed by atoms with van der Waals surface area (Å²) in [4.78, 5) is 6.29. The summed E-state index contributed by atoms with van der Waals surface area (Å²) in [5.74, 6) is 0.959. The normalized spacial score (nSPS) is 13.6. The largest absolute Gasteiger partial charge is 0.361 e. The Morgan fingerprint density at radius 1 is 1.50 bits per heavy atom. The van der Waals surface area contributed by atoms with Gasteiger partial charge in [0.05, 0.1) is 11.6 Å². The van der Waals surface area contributed by atoms with E-state index in [2.05, 4.69) is 27.1 Å². The monoisotopic (exact) mass is 206 g/mol. The van der Waals surface area contributed by atoms with Gasteiger partial charge in [0.1, 0.15) is 0 Å². The van der Waals surface area contributed by atoms with Crippen LogP contribution in [0.5, 0.6) is 0 Å². The van der Waals surface area contributed by atoms with Crippen molar-refractivity contribution in [2.75, 3.05) is 23.9 Å². The lowest BCUT2D eigenvalue weighted by molar-refractivity contribution is 0.869. The van der Waals surface area contributed by atoms with E-state index in [0.29, 0.717) is 6.54 Å². The highest BCUT2D eigenvalue weighted by Crippen LogP contribution is 2.37. The van der Waals surface area contributed by atoms with E-state index in [-0.39, 0.29) is 0 Å². The van der Waals surface area contributed by atoms with Crippen LogP contribution in [0, 0.1) is 0 Å². The number of anilines is 1. The fourth-order valence-corrected chi connectivity index (χ4v) is 2.54. The molecule has 0 fully saturated rings. The highest BCUT2D eigenvalue weighted by molar-refractivity contribution is 7.99. The molecule has 1 aromatic carbocycles. The van der Waals surface area contributed by atoms with Crippen molar-refractivity contribution in [3.05, 3.63) is 34.7 Å². The summed E-state index contributed by atoms with van der Waals surface area (Å²) in [5.41, 5.74) is 9.43. The minimum atomic E-state index is 0.533. The maximum absolute atomic E-state index is 8.17. The van der Waals surface area contributed by atoms with Gasteiger partial charge in [-0.05, 0) is 17.7 Å². The van der Waals surface area contributed by atoms with Crippen LogP contribution in [0.2, 0.25) is 0 Å². The summed E-state index contributed by atoms with van der Waals surface area (Å²) < 4.78 is 0. The highest BCUT2D eigenvalue weighted by atomic mass is 32.2. The molecule has 0 aliphatic carbocycles. The molecular weight excluding hydrogens is 196 g/mol. The van der Waals surface area contributed by atoms with Gasteiger partial charge in [-0.3, -0.25) is 0 Å². The number of benzene rings is 1. The van der Waals surface area contributed by atoms with Crippen LogP contribution in [0.1, 0.15) is 0 Å². The van der Waals surface area contributed by atoms with Gasteiger partial charge >= 0.3 is 0 Å². The Morgan fingerprint density at radius 2 is 2.36 bits per heavy atom. The van der Waals surface area contributed by atoms with Crippen LogP contribution in [0.4, 0.5) is 5.69 Å². The Hall–Kier alpha value is -1.32. The van der Waals surface area contributed by atoms with Gasteiger partial charge in [0.15, 0.2) is 0 Å². The van der Waals surface area contributed by atoms with E-state index in [0.717, 1.165) is 12.4 Å². The second-order valence-electron chi connectivity index (χ2n) is 2.96. The van der Waals surface area contributed by atoms with Crippen molar-refractivity contribution in [1.82, 2.24) is 0 Å². The highest BCUT2D eigenvalue weighted by Gasteiger charge is 2.17. The molecule has 0 saturated carbocycles. The molecule has 1 aliphatic heterocycles. The SMILES string of the molecule is [N-]=[N+]=NCCN1CSc2ccccc21. The number of azide groups is 1. The van der Waals surface area contributed by atoms with Crippen LogP contribution in [0.25, 0.3) is 10.4 Å². The van der Waals surface area contributed by atoms with Crippen LogP contribution in [0.3, 0.4) is 0 Å². The first-order valence-corrected chi connectivity index (χ1v) is 5.38. The average molecular weight is 206 g/mol. The molecule has 2 rings (SSSR count). The Labute approximate surface area is 86.5 Å². The van der Waals surface area contributed by atoms with Crippen molar-refractivity contribution in [2.45, 2.75) is 4.90 Å². The van der Waals surface area contributed by atoms with Crippen LogP contribution in [-0.2, 0) is 0 Å². The fourth-order valence-electron chi connectivity index (χ4n) is 1.45. The first-order valence-electron chi connectivity index (χ1n) is 4.39. The molecule has 0 unspecified atom stereocenters. The Balaban J connectivity index is 2.06. The van der Waals surface area contributed by atoms with Crippen LogP contribution >= 0.6 is 11.8 Å². The number of rotatable bonds is 3. The molecule has 5 heteroatoms. The molecule has 0 radical (unpaired) electrons. The Bertz CT molecular complexity index is 373. The van der Waals surface area contributed by atoms with Crippen molar-refractivity contribution < 1.29 is 0 Å². The maximum Gasteiger partial charge on any atom is 0.0686 e. The van der Waals surface area contributed by atoms with Gasteiger partial charge in [0.25, 0.3) is 0 Å². The Kier molecular flexibility index (Phi) is 2.81. The summed E-state index contributed by atoms with van der Waals surface area (Å²) in [6.07, 6.45) is 0. The zero-order valence-electron chi connectivity index (χ0n) is 7.63. The number of thioether (sulfide) groups is 1. The molecule has 0 amide bonds. The van der Waals surface area contributed by atoms with Gasteiger partial charge in [0, 0.05) is 22.9 Å². The molecule has 14 heavy (non-hydrogen) atoms. The number of nitrogens with zero attached hydrogens (tertiary/aromatic N) is 4. The molecule has 0 saturated heterocycles. The quantitative estimate of drug-likeness (QED) is 0.434. The van der Waals surface area contributed by atoms with E-state index in [1.165, 1.54) is 10.6 Å². The van der Waals surface area contributed by atoms with E-state index < -0.39 is 0 Å². The summed E-state index contributed by atoms with van der Waals surface area (Å²) in [7, 11) is 0. The second kappa shape index (κ2) is 4.26. The number of hydrogen-bond donors (Lipinski definition) is 0. The second-order valence-corrected chi connectivity index (χ2v) is 3.95. The molecule has 1 heterocycles.